The molecule has 0 saturated heterocycles. The minimum absolute atomic E-state index is 0.0376. The van der Waals surface area contributed by atoms with E-state index in [1.165, 1.54) is 13.0 Å². The van der Waals surface area contributed by atoms with E-state index in [0.717, 1.165) is 12.3 Å². The molecule has 1 heterocycles. The van der Waals surface area contributed by atoms with E-state index in [1.807, 2.05) is 0 Å². The average molecular weight is 212 g/mol. The van der Waals surface area contributed by atoms with Crippen LogP contribution in [-0.4, -0.2) is 28.0 Å². The highest BCUT2D eigenvalue weighted by Gasteiger charge is 2.15. The third-order valence-electron chi connectivity index (χ3n) is 1.71. The minimum atomic E-state index is -1.15. The van der Waals surface area contributed by atoms with Crippen LogP contribution in [0.25, 0.3) is 0 Å². The molecule has 0 fully saturated rings. The van der Waals surface area contributed by atoms with E-state index in [0.29, 0.717) is 0 Å². The Labute approximate surface area is 84.9 Å². The van der Waals surface area contributed by atoms with Gasteiger partial charge in [-0.15, -0.1) is 0 Å². The molecule has 1 aromatic rings. The average Bonchev–Trinajstić information content (AvgIpc) is 2.17. The van der Waals surface area contributed by atoms with Crippen LogP contribution < -0.4 is 5.32 Å². The van der Waals surface area contributed by atoms with Crippen LogP contribution in [0.1, 0.15) is 17.3 Å². The molecule has 6 heteroatoms. The number of rotatable bonds is 3. The molecule has 0 aliphatic heterocycles. The van der Waals surface area contributed by atoms with Crippen molar-refractivity contribution in [2.24, 2.45) is 0 Å². The van der Waals surface area contributed by atoms with Gasteiger partial charge in [0.1, 0.15) is 6.04 Å². The number of amides is 1. The first-order valence-electron chi connectivity index (χ1n) is 4.16. The molecule has 1 rings (SSSR count). The first-order chi connectivity index (χ1) is 7.00. The second kappa shape index (κ2) is 4.50. The molecule has 80 valence electrons. The third kappa shape index (κ3) is 3.01. The van der Waals surface area contributed by atoms with E-state index in [1.54, 1.807) is 0 Å². The number of pyridine rings is 1. The zero-order chi connectivity index (χ0) is 11.4. The quantitative estimate of drug-likeness (QED) is 0.712. The highest BCUT2D eigenvalue weighted by molar-refractivity contribution is 5.96. The molecule has 0 bridgehead atoms. The molecule has 0 aromatic carbocycles. The molecule has 0 saturated carbocycles. The van der Waals surface area contributed by atoms with E-state index in [4.69, 9.17) is 5.11 Å². The zero-order valence-electron chi connectivity index (χ0n) is 7.90. The Morgan fingerprint density at radius 2 is 2.27 bits per heavy atom. The molecule has 5 nitrogen and oxygen atoms in total. The van der Waals surface area contributed by atoms with Crippen molar-refractivity contribution in [3.05, 3.63) is 29.8 Å². The summed E-state index contributed by atoms with van der Waals surface area (Å²) in [5, 5.41) is 10.7. The fourth-order valence-electron chi connectivity index (χ4n) is 0.885. The van der Waals surface area contributed by atoms with Gasteiger partial charge in [-0.3, -0.25) is 9.59 Å². The van der Waals surface area contributed by atoms with Crippen molar-refractivity contribution in [2.75, 3.05) is 0 Å². The summed E-state index contributed by atoms with van der Waals surface area (Å²) in [4.78, 5) is 25.0. The van der Waals surface area contributed by atoms with Crippen molar-refractivity contribution in [3.8, 4) is 0 Å². The van der Waals surface area contributed by atoms with Crippen molar-refractivity contribution in [1.29, 1.82) is 0 Å². The number of carbonyl (C=O) groups excluding carboxylic acids is 1. The van der Waals surface area contributed by atoms with Gasteiger partial charge in [-0.1, -0.05) is 0 Å². The fourth-order valence-corrected chi connectivity index (χ4v) is 0.885. The third-order valence-corrected chi connectivity index (χ3v) is 1.71. The summed E-state index contributed by atoms with van der Waals surface area (Å²) in [6.07, 6.45) is 1.13. The number of carbonyl (C=O) groups is 2. The lowest BCUT2D eigenvalue weighted by Crippen LogP contribution is -2.38. The summed E-state index contributed by atoms with van der Waals surface area (Å²) in [7, 11) is 0. The number of aromatic nitrogens is 1. The number of nitrogens with zero attached hydrogens (tertiary/aromatic N) is 1. The van der Waals surface area contributed by atoms with Crippen LogP contribution in [0.15, 0.2) is 18.3 Å². The Balaban J connectivity index is 2.73. The standard InChI is InChI=1S/C9H9FN2O3/c1-5(9(14)15)12-8(13)6-2-3-11-7(10)4-6/h2-5H,1H3,(H,12,13)(H,14,15). The van der Waals surface area contributed by atoms with Crippen molar-refractivity contribution in [3.63, 3.8) is 0 Å². The molecule has 1 atom stereocenters. The number of halogens is 1. The molecule has 2 N–H and O–H groups in total. The van der Waals surface area contributed by atoms with Crippen molar-refractivity contribution >= 4 is 11.9 Å². The highest BCUT2D eigenvalue weighted by Crippen LogP contribution is 2.00. The number of carboxylic acid groups (broad SMARTS) is 1. The normalized spacial score (nSPS) is 11.9. The van der Waals surface area contributed by atoms with Crippen LogP contribution in [0.3, 0.4) is 0 Å². The number of aliphatic carboxylic acids is 1. The van der Waals surface area contributed by atoms with Crippen LogP contribution >= 0.6 is 0 Å². The van der Waals surface area contributed by atoms with Gasteiger partial charge in [-0.25, -0.2) is 4.98 Å². The second-order valence-corrected chi connectivity index (χ2v) is 2.90. The number of nitrogens with one attached hydrogen (secondary N) is 1. The van der Waals surface area contributed by atoms with E-state index in [2.05, 4.69) is 10.3 Å². The lowest BCUT2D eigenvalue weighted by Gasteiger charge is -2.08. The molecule has 0 radical (unpaired) electrons. The molecular weight excluding hydrogens is 203 g/mol. The zero-order valence-corrected chi connectivity index (χ0v) is 7.90. The summed E-state index contributed by atoms with van der Waals surface area (Å²) in [5.74, 6) is -2.59. The molecule has 0 aliphatic carbocycles. The Morgan fingerprint density at radius 1 is 1.60 bits per heavy atom. The van der Waals surface area contributed by atoms with Crippen LogP contribution in [0, 0.1) is 5.95 Å². The highest BCUT2D eigenvalue weighted by atomic mass is 19.1. The van der Waals surface area contributed by atoms with Crippen LogP contribution in [0.5, 0.6) is 0 Å². The predicted molar refractivity (Wildman–Crippen MR) is 48.8 cm³/mol. The van der Waals surface area contributed by atoms with Gasteiger partial charge in [0.25, 0.3) is 5.91 Å². The van der Waals surface area contributed by atoms with Gasteiger partial charge >= 0.3 is 5.97 Å². The van der Waals surface area contributed by atoms with Crippen LogP contribution in [0.2, 0.25) is 0 Å². The largest absolute Gasteiger partial charge is 0.480 e. The maximum atomic E-state index is 12.6. The van der Waals surface area contributed by atoms with Crippen LogP contribution in [-0.2, 0) is 4.79 Å². The number of hydrogen-bond donors (Lipinski definition) is 2. The maximum absolute atomic E-state index is 12.6. The molecule has 1 amide bonds. The van der Waals surface area contributed by atoms with Crippen molar-refractivity contribution in [2.45, 2.75) is 13.0 Å². The van der Waals surface area contributed by atoms with Gasteiger partial charge in [-0.05, 0) is 13.0 Å². The Hall–Kier alpha value is -1.98. The van der Waals surface area contributed by atoms with Crippen molar-refractivity contribution in [1.82, 2.24) is 10.3 Å². The first-order valence-corrected chi connectivity index (χ1v) is 4.16. The van der Waals surface area contributed by atoms with Gasteiger partial charge in [0, 0.05) is 17.8 Å². The first kappa shape index (κ1) is 11.1. The van der Waals surface area contributed by atoms with Crippen LogP contribution in [0.4, 0.5) is 4.39 Å². The Morgan fingerprint density at radius 3 is 2.80 bits per heavy atom. The monoisotopic (exact) mass is 212 g/mol. The summed E-state index contributed by atoms with van der Waals surface area (Å²) in [6.45, 7) is 1.32. The van der Waals surface area contributed by atoms with E-state index < -0.39 is 23.9 Å². The summed E-state index contributed by atoms with van der Waals surface area (Å²) >= 11 is 0. The topological polar surface area (TPSA) is 79.3 Å². The van der Waals surface area contributed by atoms with Crippen molar-refractivity contribution < 1.29 is 19.1 Å². The second-order valence-electron chi connectivity index (χ2n) is 2.90. The Kier molecular flexibility index (Phi) is 3.33. The summed E-state index contributed by atoms with van der Waals surface area (Å²) in [6, 6.07) is 1.21. The van der Waals surface area contributed by atoms with Gasteiger partial charge in [0.2, 0.25) is 5.95 Å². The molecule has 15 heavy (non-hydrogen) atoms. The van der Waals surface area contributed by atoms with E-state index in [9.17, 15) is 14.0 Å². The lowest BCUT2D eigenvalue weighted by molar-refractivity contribution is -0.138. The molecular formula is C9H9FN2O3. The van der Waals surface area contributed by atoms with Gasteiger partial charge in [0.05, 0.1) is 0 Å². The minimum Gasteiger partial charge on any atom is -0.480 e. The number of carboxylic acids is 1. The van der Waals surface area contributed by atoms with Gasteiger partial charge < -0.3 is 10.4 Å². The van der Waals surface area contributed by atoms with E-state index in [-0.39, 0.29) is 5.56 Å². The molecule has 1 aromatic heterocycles. The summed E-state index contributed by atoms with van der Waals surface area (Å²) < 4.78 is 12.6. The molecule has 1 unspecified atom stereocenters. The van der Waals surface area contributed by atoms with Gasteiger partial charge in [-0.2, -0.15) is 4.39 Å². The fraction of sp³-hybridized carbons (Fsp3) is 0.222. The van der Waals surface area contributed by atoms with Gasteiger partial charge in [0.15, 0.2) is 0 Å². The summed E-state index contributed by atoms with van der Waals surface area (Å²) in [5.41, 5.74) is 0.0376. The lowest BCUT2D eigenvalue weighted by atomic mass is 10.2. The predicted octanol–water partition coefficient (Wildman–Crippen LogP) is 0.424. The van der Waals surface area contributed by atoms with E-state index >= 15 is 0 Å². The SMILES string of the molecule is CC(NC(=O)c1ccnc(F)c1)C(=O)O. The maximum Gasteiger partial charge on any atom is 0.325 e. The Bertz CT molecular complexity index is 395. The smallest absolute Gasteiger partial charge is 0.325 e. The molecule has 0 spiro atoms. The number of hydrogen-bond acceptors (Lipinski definition) is 3. The molecule has 0 aliphatic rings.